The second-order valence-electron chi connectivity index (χ2n) is 4.49. The number of aliphatic carboxylic acids is 1. The van der Waals surface area contributed by atoms with Crippen LogP contribution in [-0.2, 0) is 16.1 Å². The maximum Gasteiger partial charge on any atom is 0.306 e. The third-order valence-electron chi connectivity index (χ3n) is 3.21. The van der Waals surface area contributed by atoms with Crippen molar-refractivity contribution in [3.8, 4) is 0 Å². The van der Waals surface area contributed by atoms with Gasteiger partial charge in [-0.15, -0.1) is 11.3 Å². The molecule has 1 aliphatic rings. The quantitative estimate of drug-likeness (QED) is 0.891. The molecule has 0 aliphatic heterocycles. The molecule has 0 aromatic carbocycles. The molecule has 2 rings (SSSR count). The van der Waals surface area contributed by atoms with E-state index in [9.17, 15) is 9.59 Å². The monoisotopic (exact) mass is 331 g/mol. The topological polar surface area (TPSA) is 66.4 Å². The summed E-state index contributed by atoms with van der Waals surface area (Å²) in [5.74, 6) is -1.30. The van der Waals surface area contributed by atoms with E-state index in [0.29, 0.717) is 25.8 Å². The number of amides is 1. The zero-order chi connectivity index (χ0) is 13.1. The minimum atomic E-state index is -0.785. The maximum absolute atomic E-state index is 11.9. The summed E-state index contributed by atoms with van der Waals surface area (Å²) < 4.78 is 1.02. The van der Waals surface area contributed by atoms with Gasteiger partial charge in [0.05, 0.1) is 12.5 Å². The van der Waals surface area contributed by atoms with Gasteiger partial charge in [0.25, 0.3) is 0 Å². The van der Waals surface area contributed by atoms with Crippen molar-refractivity contribution in [2.45, 2.75) is 25.8 Å². The second kappa shape index (κ2) is 5.84. The normalized spacial score (nSPS) is 22.9. The van der Waals surface area contributed by atoms with Gasteiger partial charge in [0.1, 0.15) is 0 Å². The number of carboxylic acid groups (broad SMARTS) is 1. The van der Waals surface area contributed by atoms with Crippen molar-refractivity contribution in [3.63, 3.8) is 0 Å². The number of halogens is 1. The summed E-state index contributed by atoms with van der Waals surface area (Å²) in [5, 5.41) is 13.7. The lowest BCUT2D eigenvalue weighted by Crippen LogP contribution is -2.29. The van der Waals surface area contributed by atoms with Crippen LogP contribution in [0, 0.1) is 11.8 Å². The molecule has 0 spiro atoms. The first-order valence-corrected chi connectivity index (χ1v) is 7.47. The third-order valence-corrected chi connectivity index (χ3v) is 4.91. The molecule has 1 aromatic heterocycles. The Labute approximate surface area is 118 Å². The van der Waals surface area contributed by atoms with Crippen LogP contribution in [0.5, 0.6) is 0 Å². The van der Waals surface area contributed by atoms with E-state index in [1.807, 2.05) is 11.4 Å². The van der Waals surface area contributed by atoms with Crippen molar-refractivity contribution in [1.82, 2.24) is 5.32 Å². The minimum Gasteiger partial charge on any atom is -0.481 e. The predicted octanol–water partition coefficient (Wildman–Crippen LogP) is 2.63. The van der Waals surface area contributed by atoms with Gasteiger partial charge in [-0.25, -0.2) is 0 Å². The van der Waals surface area contributed by atoms with E-state index in [1.54, 1.807) is 11.3 Å². The van der Waals surface area contributed by atoms with Crippen LogP contribution in [0.15, 0.2) is 15.9 Å². The number of carboxylic acids is 1. The van der Waals surface area contributed by atoms with Crippen molar-refractivity contribution in [1.29, 1.82) is 0 Å². The van der Waals surface area contributed by atoms with Gasteiger partial charge in [0.15, 0.2) is 0 Å². The molecule has 1 fully saturated rings. The van der Waals surface area contributed by atoms with E-state index in [-0.39, 0.29) is 17.7 Å². The summed E-state index contributed by atoms with van der Waals surface area (Å²) in [6.07, 6.45) is 1.75. The van der Waals surface area contributed by atoms with Crippen molar-refractivity contribution < 1.29 is 14.7 Å². The summed E-state index contributed by atoms with van der Waals surface area (Å²) in [7, 11) is 0. The molecular formula is C12H14BrNO3S. The van der Waals surface area contributed by atoms with E-state index in [2.05, 4.69) is 21.2 Å². The highest BCUT2D eigenvalue weighted by atomic mass is 79.9. The van der Waals surface area contributed by atoms with Gasteiger partial charge < -0.3 is 10.4 Å². The lowest BCUT2D eigenvalue weighted by molar-refractivity contribution is -0.141. The Kier molecular flexibility index (Phi) is 4.40. The van der Waals surface area contributed by atoms with Crippen LogP contribution in [0.3, 0.4) is 0 Å². The molecule has 0 saturated heterocycles. The molecule has 1 heterocycles. The Morgan fingerprint density at radius 1 is 1.44 bits per heavy atom. The standard InChI is InChI=1S/C12H14BrNO3S/c13-9-4-10(18-6-9)5-14-11(15)7-1-2-8(3-7)12(16)17/h4,6-8H,1-3,5H2,(H,14,15)(H,16,17)/t7-,8+/m1/s1. The van der Waals surface area contributed by atoms with Gasteiger partial charge in [-0.3, -0.25) is 9.59 Å². The number of carbonyl (C=O) groups is 2. The molecule has 98 valence electrons. The Morgan fingerprint density at radius 2 is 2.17 bits per heavy atom. The molecule has 1 aromatic rings. The highest BCUT2D eigenvalue weighted by Gasteiger charge is 2.33. The van der Waals surface area contributed by atoms with Crippen LogP contribution in [0.25, 0.3) is 0 Å². The highest BCUT2D eigenvalue weighted by molar-refractivity contribution is 9.10. The molecule has 6 heteroatoms. The smallest absolute Gasteiger partial charge is 0.306 e. The lowest BCUT2D eigenvalue weighted by Gasteiger charge is -2.09. The summed E-state index contributed by atoms with van der Waals surface area (Å²) in [6, 6.07) is 1.97. The zero-order valence-electron chi connectivity index (χ0n) is 9.69. The van der Waals surface area contributed by atoms with E-state index in [1.165, 1.54) is 0 Å². The number of thiophene rings is 1. The number of hydrogen-bond acceptors (Lipinski definition) is 3. The number of rotatable bonds is 4. The van der Waals surface area contributed by atoms with Crippen molar-refractivity contribution in [3.05, 3.63) is 20.8 Å². The van der Waals surface area contributed by atoms with Gasteiger partial charge in [-0.1, -0.05) is 0 Å². The van der Waals surface area contributed by atoms with Crippen molar-refractivity contribution in [2.75, 3.05) is 0 Å². The number of nitrogens with one attached hydrogen (secondary N) is 1. The first-order chi connectivity index (χ1) is 8.56. The molecule has 2 atom stereocenters. The van der Waals surface area contributed by atoms with E-state index >= 15 is 0 Å². The molecular weight excluding hydrogens is 318 g/mol. The summed E-state index contributed by atoms with van der Waals surface area (Å²) in [4.78, 5) is 23.8. The summed E-state index contributed by atoms with van der Waals surface area (Å²) in [5.41, 5.74) is 0. The van der Waals surface area contributed by atoms with Crippen molar-refractivity contribution >= 4 is 39.1 Å². The summed E-state index contributed by atoms with van der Waals surface area (Å²) >= 11 is 4.95. The van der Waals surface area contributed by atoms with Crippen LogP contribution in [0.4, 0.5) is 0 Å². The third kappa shape index (κ3) is 3.32. The van der Waals surface area contributed by atoms with Gasteiger partial charge in [-0.05, 0) is 41.3 Å². The zero-order valence-corrected chi connectivity index (χ0v) is 12.1. The SMILES string of the molecule is O=C(O)[C@H]1CC[C@@H](C(=O)NCc2cc(Br)cs2)C1. The van der Waals surface area contributed by atoms with E-state index in [4.69, 9.17) is 5.11 Å². The lowest BCUT2D eigenvalue weighted by atomic mass is 10.0. The van der Waals surface area contributed by atoms with Crippen LogP contribution >= 0.6 is 27.3 Å². The Bertz CT molecular complexity index is 460. The van der Waals surface area contributed by atoms with Crippen LogP contribution in [-0.4, -0.2) is 17.0 Å². The van der Waals surface area contributed by atoms with Gasteiger partial charge in [0.2, 0.25) is 5.91 Å². The molecule has 0 bridgehead atoms. The molecule has 1 aliphatic carbocycles. The molecule has 0 radical (unpaired) electrons. The van der Waals surface area contributed by atoms with E-state index in [0.717, 1.165) is 9.35 Å². The number of hydrogen-bond donors (Lipinski definition) is 2. The average molecular weight is 332 g/mol. The molecule has 0 unspecified atom stereocenters. The van der Waals surface area contributed by atoms with Crippen LogP contribution < -0.4 is 5.32 Å². The minimum absolute atomic E-state index is 0.0247. The molecule has 1 saturated carbocycles. The van der Waals surface area contributed by atoms with Crippen LogP contribution in [0.2, 0.25) is 0 Å². The van der Waals surface area contributed by atoms with Crippen LogP contribution in [0.1, 0.15) is 24.1 Å². The first-order valence-electron chi connectivity index (χ1n) is 5.79. The maximum atomic E-state index is 11.9. The van der Waals surface area contributed by atoms with Crippen molar-refractivity contribution in [2.24, 2.45) is 11.8 Å². The Hall–Kier alpha value is -0.880. The Morgan fingerprint density at radius 3 is 2.72 bits per heavy atom. The first kappa shape index (κ1) is 13.5. The second-order valence-corrected chi connectivity index (χ2v) is 6.41. The fourth-order valence-corrected chi connectivity index (χ4v) is 3.60. The van der Waals surface area contributed by atoms with E-state index < -0.39 is 5.97 Å². The summed E-state index contributed by atoms with van der Waals surface area (Å²) in [6.45, 7) is 0.517. The highest BCUT2D eigenvalue weighted by Crippen LogP contribution is 2.31. The molecule has 2 N–H and O–H groups in total. The largest absolute Gasteiger partial charge is 0.481 e. The number of carbonyl (C=O) groups excluding carboxylic acids is 1. The average Bonchev–Trinajstić information content (AvgIpc) is 2.94. The molecule has 4 nitrogen and oxygen atoms in total. The molecule has 1 amide bonds. The fraction of sp³-hybridized carbons (Fsp3) is 0.500. The van der Waals surface area contributed by atoms with Gasteiger partial charge in [0, 0.05) is 20.6 Å². The Balaban J connectivity index is 1.80. The molecule has 18 heavy (non-hydrogen) atoms. The predicted molar refractivity (Wildman–Crippen MR) is 72.3 cm³/mol. The van der Waals surface area contributed by atoms with Gasteiger partial charge >= 0.3 is 5.97 Å². The fourth-order valence-electron chi connectivity index (χ4n) is 2.21. The van der Waals surface area contributed by atoms with Gasteiger partial charge in [-0.2, -0.15) is 0 Å².